The Labute approximate surface area is 92.4 Å². The molecule has 14 heavy (non-hydrogen) atoms. The number of hydrogen-bond donors (Lipinski definition) is 2. The number of H-pyrrole nitrogens is 1. The molecule has 0 aliphatic rings. The SMILES string of the molecule is CCC(C)(C)NC(=O)c1cc(Br)c[nH]1. The van der Waals surface area contributed by atoms with Gasteiger partial charge in [0.05, 0.1) is 0 Å². The molecule has 0 fully saturated rings. The molecule has 0 saturated heterocycles. The Morgan fingerprint density at radius 1 is 1.64 bits per heavy atom. The summed E-state index contributed by atoms with van der Waals surface area (Å²) in [7, 11) is 0. The van der Waals surface area contributed by atoms with Gasteiger partial charge in [0.25, 0.3) is 5.91 Å². The second-order valence-electron chi connectivity index (χ2n) is 3.92. The van der Waals surface area contributed by atoms with E-state index >= 15 is 0 Å². The van der Waals surface area contributed by atoms with Gasteiger partial charge in [-0.05, 0) is 42.3 Å². The number of carbonyl (C=O) groups is 1. The van der Waals surface area contributed by atoms with Crippen LogP contribution in [0.2, 0.25) is 0 Å². The Bertz CT molecular complexity index is 331. The lowest BCUT2D eigenvalue weighted by Crippen LogP contribution is -2.42. The van der Waals surface area contributed by atoms with Crippen LogP contribution >= 0.6 is 15.9 Å². The van der Waals surface area contributed by atoms with E-state index in [0.717, 1.165) is 10.9 Å². The van der Waals surface area contributed by atoms with Gasteiger partial charge in [-0.1, -0.05) is 6.92 Å². The van der Waals surface area contributed by atoms with Crippen LogP contribution in [0.5, 0.6) is 0 Å². The van der Waals surface area contributed by atoms with Gasteiger partial charge in [0.15, 0.2) is 0 Å². The van der Waals surface area contributed by atoms with Gasteiger partial charge in [-0.2, -0.15) is 0 Å². The summed E-state index contributed by atoms with van der Waals surface area (Å²) in [6.07, 6.45) is 2.65. The fourth-order valence-corrected chi connectivity index (χ4v) is 1.31. The van der Waals surface area contributed by atoms with Gasteiger partial charge < -0.3 is 10.3 Å². The summed E-state index contributed by atoms with van der Waals surface area (Å²) in [6, 6.07) is 1.76. The highest BCUT2D eigenvalue weighted by Gasteiger charge is 2.19. The molecule has 1 heterocycles. The van der Waals surface area contributed by atoms with E-state index in [4.69, 9.17) is 0 Å². The number of aromatic nitrogens is 1. The number of rotatable bonds is 3. The molecule has 2 N–H and O–H groups in total. The van der Waals surface area contributed by atoms with Gasteiger partial charge in [-0.25, -0.2) is 0 Å². The van der Waals surface area contributed by atoms with Crippen molar-refractivity contribution < 1.29 is 4.79 Å². The fourth-order valence-electron chi connectivity index (χ4n) is 0.962. The summed E-state index contributed by atoms with van der Waals surface area (Å²) >= 11 is 3.29. The summed E-state index contributed by atoms with van der Waals surface area (Å²) in [5.74, 6) is -0.0671. The van der Waals surface area contributed by atoms with Crippen molar-refractivity contribution in [2.75, 3.05) is 0 Å². The maximum atomic E-state index is 11.7. The molecule has 0 aliphatic heterocycles. The first-order valence-corrected chi connectivity index (χ1v) is 5.40. The molecule has 78 valence electrons. The van der Waals surface area contributed by atoms with E-state index in [-0.39, 0.29) is 11.4 Å². The molecule has 1 aromatic heterocycles. The molecular formula is C10H15BrN2O. The number of aromatic amines is 1. The molecule has 0 saturated carbocycles. The number of amides is 1. The van der Waals surface area contributed by atoms with Crippen molar-refractivity contribution in [1.82, 2.24) is 10.3 Å². The zero-order chi connectivity index (χ0) is 10.8. The van der Waals surface area contributed by atoms with Gasteiger partial charge in [0.2, 0.25) is 0 Å². The third kappa shape index (κ3) is 2.87. The Morgan fingerprint density at radius 3 is 2.71 bits per heavy atom. The Balaban J connectivity index is 2.68. The molecule has 0 atom stereocenters. The maximum Gasteiger partial charge on any atom is 0.268 e. The highest BCUT2D eigenvalue weighted by Crippen LogP contribution is 2.12. The zero-order valence-electron chi connectivity index (χ0n) is 8.65. The Morgan fingerprint density at radius 2 is 2.29 bits per heavy atom. The van der Waals surface area contributed by atoms with Crippen LogP contribution in [0.4, 0.5) is 0 Å². The predicted octanol–water partition coefficient (Wildman–Crippen LogP) is 2.70. The minimum Gasteiger partial charge on any atom is -0.356 e. The van der Waals surface area contributed by atoms with Crippen LogP contribution in [-0.2, 0) is 0 Å². The third-order valence-electron chi connectivity index (χ3n) is 2.23. The molecule has 0 radical (unpaired) electrons. The monoisotopic (exact) mass is 258 g/mol. The topological polar surface area (TPSA) is 44.9 Å². The summed E-state index contributed by atoms with van der Waals surface area (Å²) in [4.78, 5) is 14.6. The Kier molecular flexibility index (Phi) is 3.37. The molecule has 0 bridgehead atoms. The predicted molar refractivity (Wildman–Crippen MR) is 60.3 cm³/mol. The smallest absolute Gasteiger partial charge is 0.268 e. The molecule has 0 unspecified atom stereocenters. The molecule has 4 heteroatoms. The minimum atomic E-state index is -0.158. The molecule has 3 nitrogen and oxygen atoms in total. The molecular weight excluding hydrogens is 244 g/mol. The highest BCUT2D eigenvalue weighted by molar-refractivity contribution is 9.10. The van der Waals surface area contributed by atoms with Gasteiger partial charge in [0, 0.05) is 16.2 Å². The van der Waals surface area contributed by atoms with E-state index < -0.39 is 0 Å². The van der Waals surface area contributed by atoms with E-state index in [0.29, 0.717) is 5.69 Å². The third-order valence-corrected chi connectivity index (χ3v) is 2.69. The summed E-state index contributed by atoms with van der Waals surface area (Å²) in [5.41, 5.74) is 0.424. The molecule has 1 amide bonds. The van der Waals surface area contributed by atoms with Crippen molar-refractivity contribution in [3.8, 4) is 0 Å². The Hall–Kier alpha value is -0.770. The number of carbonyl (C=O) groups excluding carboxylic acids is 1. The molecule has 0 aromatic carbocycles. The lowest BCUT2D eigenvalue weighted by molar-refractivity contribution is 0.0906. The van der Waals surface area contributed by atoms with Gasteiger partial charge >= 0.3 is 0 Å². The van der Waals surface area contributed by atoms with Crippen LogP contribution < -0.4 is 5.32 Å². The van der Waals surface area contributed by atoms with E-state index in [1.165, 1.54) is 0 Å². The van der Waals surface area contributed by atoms with E-state index in [2.05, 4.69) is 26.2 Å². The van der Waals surface area contributed by atoms with Gasteiger partial charge in [0.1, 0.15) is 5.69 Å². The van der Waals surface area contributed by atoms with Crippen molar-refractivity contribution in [3.05, 3.63) is 22.4 Å². The van der Waals surface area contributed by atoms with Crippen LogP contribution in [0.15, 0.2) is 16.7 Å². The van der Waals surface area contributed by atoms with Crippen LogP contribution in [-0.4, -0.2) is 16.4 Å². The first-order valence-electron chi connectivity index (χ1n) is 4.61. The number of hydrogen-bond acceptors (Lipinski definition) is 1. The van der Waals surface area contributed by atoms with Crippen molar-refractivity contribution in [2.24, 2.45) is 0 Å². The number of nitrogens with one attached hydrogen (secondary N) is 2. The molecule has 0 spiro atoms. The van der Waals surface area contributed by atoms with Crippen LogP contribution in [0.1, 0.15) is 37.7 Å². The number of halogens is 1. The van der Waals surface area contributed by atoms with Gasteiger partial charge in [-0.3, -0.25) is 4.79 Å². The normalized spacial score (nSPS) is 11.4. The second kappa shape index (κ2) is 4.17. The standard InChI is InChI=1S/C10H15BrN2O/c1-4-10(2,3)13-9(14)8-5-7(11)6-12-8/h5-6,12H,4H2,1-3H3,(H,13,14). The largest absolute Gasteiger partial charge is 0.356 e. The minimum absolute atomic E-state index is 0.0671. The maximum absolute atomic E-state index is 11.7. The van der Waals surface area contributed by atoms with Crippen molar-refractivity contribution in [1.29, 1.82) is 0 Å². The average Bonchev–Trinajstić information content (AvgIpc) is 2.51. The van der Waals surface area contributed by atoms with E-state index in [1.807, 2.05) is 20.8 Å². The summed E-state index contributed by atoms with van der Waals surface area (Å²) in [6.45, 7) is 6.05. The quantitative estimate of drug-likeness (QED) is 0.861. The lowest BCUT2D eigenvalue weighted by Gasteiger charge is -2.23. The van der Waals surface area contributed by atoms with E-state index in [1.54, 1.807) is 12.3 Å². The van der Waals surface area contributed by atoms with Crippen molar-refractivity contribution in [2.45, 2.75) is 32.7 Å². The summed E-state index contributed by atoms with van der Waals surface area (Å²) in [5, 5.41) is 2.94. The molecule has 1 rings (SSSR count). The lowest BCUT2D eigenvalue weighted by atomic mass is 10.0. The van der Waals surface area contributed by atoms with E-state index in [9.17, 15) is 4.79 Å². The molecule has 1 aromatic rings. The highest BCUT2D eigenvalue weighted by atomic mass is 79.9. The zero-order valence-corrected chi connectivity index (χ0v) is 10.2. The van der Waals surface area contributed by atoms with Crippen LogP contribution in [0.25, 0.3) is 0 Å². The average molecular weight is 259 g/mol. The van der Waals surface area contributed by atoms with Crippen LogP contribution in [0, 0.1) is 0 Å². The fraction of sp³-hybridized carbons (Fsp3) is 0.500. The van der Waals surface area contributed by atoms with Crippen molar-refractivity contribution in [3.63, 3.8) is 0 Å². The van der Waals surface area contributed by atoms with Crippen LogP contribution in [0.3, 0.4) is 0 Å². The summed E-state index contributed by atoms with van der Waals surface area (Å²) < 4.78 is 0.886. The van der Waals surface area contributed by atoms with Gasteiger partial charge in [-0.15, -0.1) is 0 Å². The second-order valence-corrected chi connectivity index (χ2v) is 4.84. The first kappa shape index (κ1) is 11.3. The first-order chi connectivity index (χ1) is 6.44. The van der Waals surface area contributed by atoms with Crippen molar-refractivity contribution >= 4 is 21.8 Å². The molecule has 0 aliphatic carbocycles.